The van der Waals surface area contributed by atoms with Crippen LogP contribution in [0.2, 0.25) is 0 Å². The molecule has 0 aromatic heterocycles. The van der Waals surface area contributed by atoms with Crippen LogP contribution in [-0.4, -0.2) is 20.9 Å². The molecule has 0 aliphatic carbocycles. The quantitative estimate of drug-likeness (QED) is 0.202. The maximum atomic E-state index is 14.9. The Balaban J connectivity index is 1.90. The molecule has 0 unspecified atom stereocenters. The van der Waals surface area contributed by atoms with E-state index < -0.39 is 39.8 Å². The fraction of sp³-hybridized carbons (Fsp3) is 0.0370. The van der Waals surface area contributed by atoms with Crippen LogP contribution in [-0.2, 0) is 10.7 Å². The molecule has 0 aliphatic rings. The van der Waals surface area contributed by atoms with Crippen molar-refractivity contribution >= 4 is 48.4 Å². The molecule has 0 spiro atoms. The van der Waals surface area contributed by atoms with Crippen molar-refractivity contribution in [3.8, 4) is 0 Å². The van der Waals surface area contributed by atoms with E-state index in [1.54, 1.807) is 0 Å². The van der Waals surface area contributed by atoms with Crippen molar-refractivity contribution in [3.63, 3.8) is 0 Å². The van der Waals surface area contributed by atoms with E-state index in [-0.39, 0.29) is 0 Å². The van der Waals surface area contributed by atoms with Crippen LogP contribution in [0.4, 0.5) is 13.2 Å². The third-order valence-corrected chi connectivity index (χ3v) is 13.0. The topological polar surface area (TPSA) is 17.1 Å². The van der Waals surface area contributed by atoms with Crippen molar-refractivity contribution < 1.29 is 17.7 Å². The van der Waals surface area contributed by atoms with Gasteiger partial charge >= 0.3 is 202 Å². The first-order valence-electron chi connectivity index (χ1n) is 10.2. The molecule has 0 aliphatic heterocycles. The first-order chi connectivity index (χ1) is 15.9. The number of halogens is 3. The zero-order chi connectivity index (χ0) is 23.3. The Morgan fingerprint density at radius 3 is 1.58 bits per heavy atom. The number of alkyl halides is 3. The standard InChI is InChI=1S/C27H20F3OPTe/c28-27(29,30)22-18-16-21(17-19-22)20-26(33-25-14-8-3-9-15-25)32(31,23-10-4-1-5-11-23)24-12-6-2-7-13-24/h1-20H/b26-20-. The molecule has 33 heavy (non-hydrogen) atoms. The summed E-state index contributed by atoms with van der Waals surface area (Å²) in [6.07, 6.45) is -2.57. The predicted octanol–water partition coefficient (Wildman–Crippen LogP) is 6.05. The Morgan fingerprint density at radius 1 is 0.667 bits per heavy atom. The van der Waals surface area contributed by atoms with Gasteiger partial charge in [-0.3, -0.25) is 0 Å². The fourth-order valence-corrected chi connectivity index (χ4v) is 11.5. The van der Waals surface area contributed by atoms with E-state index in [9.17, 15) is 17.7 Å². The fourth-order valence-electron chi connectivity index (χ4n) is 3.38. The first-order valence-corrected chi connectivity index (χ1v) is 14.2. The molecule has 4 aromatic rings. The van der Waals surface area contributed by atoms with Crippen LogP contribution in [0.25, 0.3) is 6.08 Å². The van der Waals surface area contributed by atoms with E-state index in [2.05, 4.69) is 0 Å². The van der Waals surface area contributed by atoms with Gasteiger partial charge in [0.1, 0.15) is 0 Å². The molecule has 6 heteroatoms. The average molecular weight is 576 g/mol. The Kier molecular flexibility index (Phi) is 7.25. The van der Waals surface area contributed by atoms with Crippen LogP contribution in [0, 0.1) is 0 Å². The van der Waals surface area contributed by atoms with Crippen LogP contribution >= 0.6 is 7.14 Å². The minimum absolute atomic E-state index is 0.603. The van der Waals surface area contributed by atoms with Crippen molar-refractivity contribution in [1.29, 1.82) is 0 Å². The van der Waals surface area contributed by atoms with Crippen molar-refractivity contribution in [2.75, 3.05) is 0 Å². The number of benzene rings is 4. The van der Waals surface area contributed by atoms with Crippen LogP contribution in [0.5, 0.6) is 0 Å². The summed E-state index contributed by atoms with van der Waals surface area (Å²) in [4.78, 5) is 0. The normalized spacial score (nSPS) is 12.5. The molecular weight excluding hydrogens is 556 g/mol. The summed E-state index contributed by atoms with van der Waals surface area (Å²) in [7, 11) is -3.21. The SMILES string of the molecule is O=P(/C(=C/c1ccc(C(F)(F)F)cc1)[Te]c1ccccc1)(c1ccccc1)c1ccccc1. The first kappa shape index (κ1) is 23.6. The summed E-state index contributed by atoms with van der Waals surface area (Å²) < 4.78 is 56.0. The van der Waals surface area contributed by atoms with Gasteiger partial charge < -0.3 is 0 Å². The molecule has 0 bridgehead atoms. The van der Waals surface area contributed by atoms with Gasteiger partial charge in [0, 0.05) is 0 Å². The summed E-state index contributed by atoms with van der Waals surface area (Å²) in [5.74, 6) is 0. The summed E-state index contributed by atoms with van der Waals surface area (Å²) >= 11 is -1.09. The zero-order valence-corrected chi connectivity index (χ0v) is 20.7. The molecule has 4 aromatic carbocycles. The number of hydrogen-bond acceptors (Lipinski definition) is 1. The average Bonchev–Trinajstić information content (AvgIpc) is 2.85. The van der Waals surface area contributed by atoms with E-state index in [0.717, 1.165) is 29.7 Å². The molecule has 0 amide bonds. The van der Waals surface area contributed by atoms with Gasteiger partial charge in [0.05, 0.1) is 0 Å². The molecule has 166 valence electrons. The van der Waals surface area contributed by atoms with Crippen molar-refractivity contribution in [2.45, 2.75) is 6.18 Å². The van der Waals surface area contributed by atoms with E-state index >= 15 is 0 Å². The van der Waals surface area contributed by atoms with Crippen LogP contribution in [0.1, 0.15) is 11.1 Å². The Labute approximate surface area is 201 Å². The Bertz CT molecular complexity index is 1230. The van der Waals surface area contributed by atoms with E-state index in [1.165, 1.54) is 12.1 Å². The summed E-state index contributed by atoms with van der Waals surface area (Å²) in [6, 6.07) is 33.6. The molecule has 4 rings (SSSR count). The minimum atomic E-state index is -4.40. The molecule has 0 heterocycles. The van der Waals surface area contributed by atoms with Crippen LogP contribution in [0.3, 0.4) is 0 Å². The summed E-state index contributed by atoms with van der Waals surface area (Å²) in [5, 5.41) is 1.44. The monoisotopic (exact) mass is 578 g/mol. The van der Waals surface area contributed by atoms with Gasteiger partial charge in [-0.1, -0.05) is 0 Å². The molecule has 0 fully saturated rings. The second-order valence-corrected chi connectivity index (χ2v) is 14.2. The van der Waals surface area contributed by atoms with E-state index in [0.29, 0.717) is 5.56 Å². The maximum absolute atomic E-state index is 14.9. The van der Waals surface area contributed by atoms with Gasteiger partial charge in [-0.2, -0.15) is 0 Å². The zero-order valence-electron chi connectivity index (χ0n) is 17.4. The van der Waals surface area contributed by atoms with Crippen LogP contribution in [0.15, 0.2) is 119 Å². The predicted molar refractivity (Wildman–Crippen MR) is 131 cm³/mol. The molecule has 0 atom stereocenters. The van der Waals surface area contributed by atoms with Gasteiger partial charge in [0.15, 0.2) is 0 Å². The van der Waals surface area contributed by atoms with Gasteiger partial charge in [-0.25, -0.2) is 0 Å². The van der Waals surface area contributed by atoms with Gasteiger partial charge in [0.2, 0.25) is 0 Å². The number of hydrogen-bond donors (Lipinski definition) is 0. The van der Waals surface area contributed by atoms with Gasteiger partial charge in [-0.05, 0) is 0 Å². The third-order valence-electron chi connectivity index (χ3n) is 5.04. The van der Waals surface area contributed by atoms with Gasteiger partial charge in [0.25, 0.3) is 0 Å². The molecule has 0 radical (unpaired) electrons. The van der Waals surface area contributed by atoms with Gasteiger partial charge in [-0.15, -0.1) is 0 Å². The Hall–Kier alpha value is -2.57. The Morgan fingerprint density at radius 2 is 1.12 bits per heavy atom. The summed E-state index contributed by atoms with van der Waals surface area (Å²) in [5.41, 5.74) is -0.0962. The molecule has 0 saturated heterocycles. The van der Waals surface area contributed by atoms with Crippen molar-refractivity contribution in [3.05, 3.63) is 130 Å². The molecule has 0 saturated carbocycles. The molecule has 0 N–H and O–H groups in total. The van der Waals surface area contributed by atoms with E-state index in [1.807, 2.05) is 97.1 Å². The van der Waals surface area contributed by atoms with Crippen molar-refractivity contribution in [2.24, 2.45) is 0 Å². The van der Waals surface area contributed by atoms with Crippen molar-refractivity contribution in [1.82, 2.24) is 0 Å². The molecule has 1 nitrogen and oxygen atoms in total. The second-order valence-electron chi connectivity index (χ2n) is 7.30. The summed E-state index contributed by atoms with van der Waals surface area (Å²) in [6.45, 7) is 0. The van der Waals surface area contributed by atoms with Crippen LogP contribution < -0.4 is 14.2 Å². The molecular formula is C27H20F3OPTe. The second kappa shape index (κ2) is 10.1. The van der Waals surface area contributed by atoms with E-state index in [4.69, 9.17) is 0 Å². The third kappa shape index (κ3) is 5.50. The number of rotatable bonds is 6.